The zero-order chi connectivity index (χ0) is 10.7. The highest BCUT2D eigenvalue weighted by Crippen LogP contribution is 2.35. The number of hydrogen-bond acceptors (Lipinski definition) is 2. The van der Waals surface area contributed by atoms with Gasteiger partial charge in [-0.1, -0.05) is 30.7 Å². The Labute approximate surface area is 96.0 Å². The van der Waals surface area contributed by atoms with Crippen LogP contribution in [0.25, 0.3) is 0 Å². The van der Waals surface area contributed by atoms with Crippen molar-refractivity contribution in [2.45, 2.75) is 19.3 Å². The van der Waals surface area contributed by atoms with Gasteiger partial charge in [-0.2, -0.15) is 0 Å². The number of para-hydroxylation sites is 1. The highest BCUT2D eigenvalue weighted by Gasteiger charge is 2.20. The molecule has 1 unspecified atom stereocenters. The minimum atomic E-state index is 0.597. The summed E-state index contributed by atoms with van der Waals surface area (Å²) in [4.78, 5) is 0. The smallest absolute Gasteiger partial charge is 0.0640 e. The van der Waals surface area contributed by atoms with Gasteiger partial charge in [-0.15, -0.1) is 0 Å². The number of likely N-dealkylation sites (N-methyl/N-ethyl adjacent to an activating group) is 1. The van der Waals surface area contributed by atoms with Crippen LogP contribution in [-0.2, 0) is 0 Å². The maximum absolute atomic E-state index is 6.16. The summed E-state index contributed by atoms with van der Waals surface area (Å²) >= 11 is 6.16. The van der Waals surface area contributed by atoms with E-state index in [1.807, 2.05) is 12.1 Å². The molecule has 2 rings (SSSR count). The summed E-state index contributed by atoms with van der Waals surface area (Å²) in [5.74, 6) is 0.597. The maximum Gasteiger partial charge on any atom is 0.0640 e. The van der Waals surface area contributed by atoms with Gasteiger partial charge in [-0.25, -0.2) is 0 Å². The van der Waals surface area contributed by atoms with Crippen molar-refractivity contribution in [3.05, 3.63) is 28.8 Å². The molecule has 82 valence electrons. The van der Waals surface area contributed by atoms with Crippen molar-refractivity contribution in [2.75, 3.05) is 25.0 Å². The number of nitrogens with one attached hydrogen (secondary N) is 2. The van der Waals surface area contributed by atoms with E-state index in [1.165, 1.54) is 12.0 Å². The molecule has 0 amide bonds. The van der Waals surface area contributed by atoms with Gasteiger partial charge in [0.15, 0.2) is 0 Å². The lowest BCUT2D eigenvalue weighted by Gasteiger charge is -2.27. The highest BCUT2D eigenvalue weighted by molar-refractivity contribution is 6.33. The molecule has 0 aromatic heterocycles. The van der Waals surface area contributed by atoms with E-state index in [1.54, 1.807) is 0 Å². The lowest BCUT2D eigenvalue weighted by atomic mass is 9.91. The molecule has 1 heterocycles. The second kappa shape index (κ2) is 4.86. The number of halogens is 1. The third-order valence-corrected chi connectivity index (χ3v) is 3.24. The Balaban J connectivity index is 2.22. The van der Waals surface area contributed by atoms with E-state index >= 15 is 0 Å². The maximum atomic E-state index is 6.16. The van der Waals surface area contributed by atoms with Gasteiger partial charge in [0.25, 0.3) is 0 Å². The van der Waals surface area contributed by atoms with Gasteiger partial charge >= 0.3 is 0 Å². The van der Waals surface area contributed by atoms with E-state index in [0.717, 1.165) is 30.3 Å². The van der Waals surface area contributed by atoms with Crippen molar-refractivity contribution in [3.63, 3.8) is 0 Å². The zero-order valence-electron chi connectivity index (χ0n) is 9.02. The molecule has 1 aromatic rings. The number of benzene rings is 1. The van der Waals surface area contributed by atoms with Crippen LogP contribution in [0.1, 0.15) is 24.8 Å². The van der Waals surface area contributed by atoms with Crippen LogP contribution < -0.4 is 10.6 Å². The van der Waals surface area contributed by atoms with Gasteiger partial charge in [0.1, 0.15) is 0 Å². The number of rotatable bonds is 3. The zero-order valence-corrected chi connectivity index (χ0v) is 9.77. The Hall–Kier alpha value is -0.730. The number of hydrogen-bond donors (Lipinski definition) is 2. The summed E-state index contributed by atoms with van der Waals surface area (Å²) in [6.07, 6.45) is 1.18. The van der Waals surface area contributed by atoms with E-state index in [2.05, 4.69) is 23.6 Å². The topological polar surface area (TPSA) is 24.1 Å². The summed E-state index contributed by atoms with van der Waals surface area (Å²) < 4.78 is 0. The predicted octanol–water partition coefficient (Wildman–Crippen LogP) is 2.85. The third-order valence-electron chi connectivity index (χ3n) is 2.92. The Morgan fingerprint density at radius 3 is 3.20 bits per heavy atom. The molecule has 0 radical (unpaired) electrons. The lowest BCUT2D eigenvalue weighted by molar-refractivity contribution is 0.563. The van der Waals surface area contributed by atoms with E-state index in [4.69, 9.17) is 11.6 Å². The van der Waals surface area contributed by atoms with Crippen LogP contribution in [0.15, 0.2) is 18.2 Å². The van der Waals surface area contributed by atoms with Gasteiger partial charge in [0.2, 0.25) is 0 Å². The van der Waals surface area contributed by atoms with E-state index in [9.17, 15) is 0 Å². The molecule has 2 N–H and O–H groups in total. The molecule has 1 atom stereocenters. The Bertz CT molecular complexity index is 338. The van der Waals surface area contributed by atoms with Gasteiger partial charge in [0.05, 0.1) is 10.7 Å². The van der Waals surface area contributed by atoms with Crippen molar-refractivity contribution >= 4 is 17.3 Å². The minimum Gasteiger partial charge on any atom is -0.384 e. The normalized spacial score (nSPS) is 19.5. The van der Waals surface area contributed by atoms with E-state index < -0.39 is 0 Å². The summed E-state index contributed by atoms with van der Waals surface area (Å²) in [6.45, 7) is 5.23. The van der Waals surface area contributed by atoms with Crippen molar-refractivity contribution in [2.24, 2.45) is 0 Å². The van der Waals surface area contributed by atoms with Crippen molar-refractivity contribution in [1.82, 2.24) is 5.32 Å². The van der Waals surface area contributed by atoms with Crippen LogP contribution in [0.4, 0.5) is 5.69 Å². The van der Waals surface area contributed by atoms with Crippen LogP contribution in [0.2, 0.25) is 5.02 Å². The third kappa shape index (κ3) is 2.27. The molecule has 0 saturated carbocycles. The molecule has 3 heteroatoms. The predicted molar refractivity (Wildman–Crippen MR) is 65.8 cm³/mol. The SMILES string of the molecule is CCNCC1CCNc2c(Cl)cccc21. The Morgan fingerprint density at radius 1 is 1.53 bits per heavy atom. The van der Waals surface area contributed by atoms with E-state index in [0.29, 0.717) is 5.92 Å². The van der Waals surface area contributed by atoms with Crippen molar-refractivity contribution in [1.29, 1.82) is 0 Å². The fourth-order valence-corrected chi connectivity index (χ4v) is 2.37. The molecular weight excluding hydrogens is 208 g/mol. The van der Waals surface area contributed by atoms with Crippen LogP contribution in [0.5, 0.6) is 0 Å². The fourth-order valence-electron chi connectivity index (χ4n) is 2.13. The average Bonchev–Trinajstić information content (AvgIpc) is 2.27. The minimum absolute atomic E-state index is 0.597. The number of anilines is 1. The first kappa shape index (κ1) is 10.8. The summed E-state index contributed by atoms with van der Waals surface area (Å²) in [5, 5.41) is 7.63. The molecule has 0 saturated heterocycles. The molecule has 0 fully saturated rings. The van der Waals surface area contributed by atoms with E-state index in [-0.39, 0.29) is 0 Å². The average molecular weight is 225 g/mol. The quantitative estimate of drug-likeness (QED) is 0.825. The largest absolute Gasteiger partial charge is 0.384 e. The highest BCUT2D eigenvalue weighted by atomic mass is 35.5. The van der Waals surface area contributed by atoms with Gasteiger partial charge in [-0.05, 0) is 24.6 Å². The molecule has 0 aliphatic carbocycles. The monoisotopic (exact) mass is 224 g/mol. The lowest BCUT2D eigenvalue weighted by Crippen LogP contribution is -2.26. The molecule has 0 bridgehead atoms. The molecule has 1 aliphatic rings. The molecule has 0 spiro atoms. The standard InChI is InChI=1S/C12H17ClN2/c1-2-14-8-9-6-7-15-12-10(9)4-3-5-11(12)13/h3-5,9,14-15H,2,6-8H2,1H3. The number of fused-ring (bicyclic) bond motifs is 1. The first-order valence-corrected chi connectivity index (χ1v) is 5.93. The van der Waals surface area contributed by atoms with Gasteiger partial charge < -0.3 is 10.6 Å². The molecule has 2 nitrogen and oxygen atoms in total. The summed E-state index contributed by atoms with van der Waals surface area (Å²) in [5.41, 5.74) is 2.49. The molecular formula is C12H17ClN2. The van der Waals surface area contributed by atoms with Crippen LogP contribution in [0.3, 0.4) is 0 Å². The fraction of sp³-hybridized carbons (Fsp3) is 0.500. The second-order valence-electron chi connectivity index (χ2n) is 3.92. The molecule has 15 heavy (non-hydrogen) atoms. The summed E-state index contributed by atoms with van der Waals surface area (Å²) in [6, 6.07) is 6.16. The molecule has 1 aliphatic heterocycles. The van der Waals surface area contributed by atoms with Crippen LogP contribution in [0, 0.1) is 0 Å². The molecule has 1 aromatic carbocycles. The summed E-state index contributed by atoms with van der Waals surface area (Å²) in [7, 11) is 0. The van der Waals surface area contributed by atoms with Gasteiger partial charge in [0, 0.05) is 19.0 Å². The second-order valence-corrected chi connectivity index (χ2v) is 4.33. The van der Waals surface area contributed by atoms with Crippen LogP contribution in [-0.4, -0.2) is 19.6 Å². The van der Waals surface area contributed by atoms with Crippen molar-refractivity contribution in [3.8, 4) is 0 Å². The van der Waals surface area contributed by atoms with Crippen molar-refractivity contribution < 1.29 is 0 Å². The first-order chi connectivity index (χ1) is 7.33. The first-order valence-electron chi connectivity index (χ1n) is 5.56. The Morgan fingerprint density at radius 2 is 2.40 bits per heavy atom. The van der Waals surface area contributed by atoms with Gasteiger partial charge in [-0.3, -0.25) is 0 Å². The van der Waals surface area contributed by atoms with Crippen LogP contribution >= 0.6 is 11.6 Å². The Kier molecular flexibility index (Phi) is 3.49.